The monoisotopic (exact) mass is 254 g/mol. The summed E-state index contributed by atoms with van der Waals surface area (Å²) in [5.41, 5.74) is -0.173. The van der Waals surface area contributed by atoms with Crippen LogP contribution < -0.4 is 16.2 Å². The van der Waals surface area contributed by atoms with E-state index in [4.69, 9.17) is 4.89 Å². The molecule has 1 rings (SSSR count). The Balaban J connectivity index is 2.95. The predicted octanol–water partition coefficient (Wildman–Crippen LogP) is 0.427. The highest BCUT2D eigenvalue weighted by Crippen LogP contribution is 2.12. The van der Waals surface area contributed by atoms with Gasteiger partial charge in [0.1, 0.15) is 0 Å². The van der Waals surface area contributed by atoms with Crippen molar-refractivity contribution >= 4 is 25.5 Å². The molecule has 0 aromatic carbocycles. The fourth-order valence-electron chi connectivity index (χ4n) is 0.935. The molecule has 1 atom stereocenters. The van der Waals surface area contributed by atoms with Crippen molar-refractivity contribution in [1.29, 1.82) is 0 Å². The van der Waals surface area contributed by atoms with Crippen LogP contribution in [0.1, 0.15) is 0 Å². The molecule has 0 aliphatic heterocycles. The Kier molecular flexibility index (Phi) is 5.19. The first kappa shape index (κ1) is 13.2. The lowest BCUT2D eigenvalue weighted by molar-refractivity contribution is 0.511. The van der Waals surface area contributed by atoms with E-state index >= 15 is 0 Å². The normalized spacial score (nSPS) is 10.5. The van der Waals surface area contributed by atoms with E-state index in [9.17, 15) is 4.57 Å². The topological polar surface area (TPSA) is 100 Å². The van der Waals surface area contributed by atoms with Gasteiger partial charge in [-0.1, -0.05) is 12.2 Å². The van der Waals surface area contributed by atoms with Gasteiger partial charge in [0.15, 0.2) is 0 Å². The minimum Gasteiger partial charge on any atom is -0.351 e. The third-order valence-corrected chi connectivity index (χ3v) is 2.15. The second kappa shape index (κ2) is 6.67. The molecule has 1 unspecified atom stereocenters. The van der Waals surface area contributed by atoms with Crippen LogP contribution in [-0.2, 0) is 4.57 Å². The van der Waals surface area contributed by atoms with E-state index in [0.29, 0.717) is 13.1 Å². The lowest BCUT2D eigenvalue weighted by Gasteiger charge is -2.03. The van der Waals surface area contributed by atoms with Crippen molar-refractivity contribution in [2.45, 2.75) is 0 Å². The molecule has 0 aliphatic rings. The van der Waals surface area contributed by atoms with Gasteiger partial charge in [-0.15, -0.1) is 23.1 Å². The Bertz CT molecular complexity index is 407. The van der Waals surface area contributed by atoms with E-state index in [1.807, 2.05) is 0 Å². The van der Waals surface area contributed by atoms with E-state index in [0.717, 1.165) is 0 Å². The van der Waals surface area contributed by atoms with Gasteiger partial charge in [-0.3, -0.25) is 0 Å². The highest BCUT2D eigenvalue weighted by molar-refractivity contribution is 7.46. The number of hydrogen-bond acceptors (Lipinski definition) is 6. The van der Waals surface area contributed by atoms with Gasteiger partial charge >= 0.3 is 13.6 Å². The summed E-state index contributed by atoms with van der Waals surface area (Å²) >= 11 is 0. The fourth-order valence-corrected chi connectivity index (χ4v) is 1.30. The smallest absolute Gasteiger partial charge is 0.351 e. The molecular formula is C9H13N5O2P+. The Morgan fingerprint density at radius 2 is 1.59 bits per heavy atom. The Labute approximate surface area is 99.6 Å². The van der Waals surface area contributed by atoms with Crippen LogP contribution in [0, 0.1) is 0 Å². The van der Waals surface area contributed by atoms with Crippen molar-refractivity contribution in [2.24, 2.45) is 0 Å². The molecule has 17 heavy (non-hydrogen) atoms. The second-order valence-electron chi connectivity index (χ2n) is 2.89. The summed E-state index contributed by atoms with van der Waals surface area (Å²) in [5.74, 6) is 0.442. The number of hydrogen-bond donors (Lipinski definition) is 3. The van der Waals surface area contributed by atoms with Gasteiger partial charge in [-0.2, -0.15) is 9.88 Å². The Morgan fingerprint density at radius 1 is 1.12 bits per heavy atom. The molecule has 90 valence electrons. The van der Waals surface area contributed by atoms with Gasteiger partial charge in [0.05, 0.1) is 0 Å². The van der Waals surface area contributed by atoms with Crippen molar-refractivity contribution in [1.82, 2.24) is 15.0 Å². The largest absolute Gasteiger partial charge is 0.588 e. The lowest BCUT2D eigenvalue weighted by atomic mass is 10.6. The molecule has 1 aromatic heterocycles. The van der Waals surface area contributed by atoms with E-state index < -0.39 is 8.03 Å². The fraction of sp³-hybridized carbons (Fsp3) is 0.222. The zero-order valence-corrected chi connectivity index (χ0v) is 10.0. The zero-order valence-electron chi connectivity index (χ0n) is 9.13. The standard InChI is InChI=1S/C9H12N5O2P/c1-3-5-10-7-12-8(11-6-4-2)14-9(13-7)17(15)16/h3-4H,1-2,5-6H2,(H2-,10,11,12,13,14,15,16)/p+1. The van der Waals surface area contributed by atoms with E-state index in [-0.39, 0.29) is 17.5 Å². The first-order chi connectivity index (χ1) is 8.17. The van der Waals surface area contributed by atoms with Crippen LogP contribution in [0.15, 0.2) is 25.3 Å². The summed E-state index contributed by atoms with van der Waals surface area (Å²) in [6.45, 7) is 7.97. The molecule has 0 bridgehead atoms. The summed E-state index contributed by atoms with van der Waals surface area (Å²) in [4.78, 5) is 20.6. The van der Waals surface area contributed by atoms with Crippen LogP contribution in [0.2, 0.25) is 0 Å². The highest BCUT2D eigenvalue weighted by Gasteiger charge is 2.23. The molecule has 3 N–H and O–H groups in total. The van der Waals surface area contributed by atoms with Crippen LogP contribution in [-0.4, -0.2) is 32.9 Å². The maximum atomic E-state index is 11.0. The third-order valence-electron chi connectivity index (χ3n) is 1.60. The second-order valence-corrected chi connectivity index (χ2v) is 3.84. The molecule has 0 fully saturated rings. The highest BCUT2D eigenvalue weighted by atomic mass is 31.1. The van der Waals surface area contributed by atoms with Crippen LogP contribution >= 0.6 is 8.03 Å². The Morgan fingerprint density at radius 3 is 1.94 bits per heavy atom. The average molecular weight is 254 g/mol. The molecule has 0 amide bonds. The summed E-state index contributed by atoms with van der Waals surface area (Å²) < 4.78 is 11.0. The summed E-state index contributed by atoms with van der Waals surface area (Å²) in [7, 11) is -2.60. The lowest BCUT2D eigenvalue weighted by Crippen LogP contribution is -2.18. The van der Waals surface area contributed by atoms with Gasteiger partial charge < -0.3 is 10.6 Å². The first-order valence-corrected chi connectivity index (χ1v) is 6.00. The molecule has 1 aromatic rings. The van der Waals surface area contributed by atoms with E-state index in [1.165, 1.54) is 0 Å². The number of nitrogens with zero attached hydrogens (tertiary/aromatic N) is 3. The molecule has 8 heteroatoms. The van der Waals surface area contributed by atoms with Gasteiger partial charge in [0.25, 0.3) is 0 Å². The quantitative estimate of drug-likeness (QED) is 0.479. The average Bonchev–Trinajstić information content (AvgIpc) is 2.33. The van der Waals surface area contributed by atoms with Gasteiger partial charge in [-0.05, 0) is 4.57 Å². The molecule has 0 radical (unpaired) electrons. The van der Waals surface area contributed by atoms with E-state index in [2.05, 4.69) is 38.7 Å². The number of rotatable bonds is 7. The first-order valence-electron chi connectivity index (χ1n) is 4.79. The maximum absolute atomic E-state index is 11.0. The number of anilines is 2. The summed E-state index contributed by atoms with van der Waals surface area (Å²) in [5, 5.41) is 5.64. The molecule has 0 saturated heterocycles. The van der Waals surface area contributed by atoms with Crippen LogP contribution in [0.25, 0.3) is 0 Å². The zero-order chi connectivity index (χ0) is 12.7. The van der Waals surface area contributed by atoms with Gasteiger partial charge in [0.2, 0.25) is 11.9 Å². The SMILES string of the molecule is C=CCNc1nc(NCC=C)nc([P+](=O)O)n1. The number of aromatic nitrogens is 3. The number of nitrogens with one attached hydrogen (secondary N) is 2. The van der Waals surface area contributed by atoms with Gasteiger partial charge in [-0.25, -0.2) is 0 Å². The van der Waals surface area contributed by atoms with Crippen LogP contribution in [0.4, 0.5) is 11.9 Å². The molecular weight excluding hydrogens is 241 g/mol. The van der Waals surface area contributed by atoms with Crippen molar-refractivity contribution in [3.8, 4) is 0 Å². The van der Waals surface area contributed by atoms with Crippen molar-refractivity contribution < 1.29 is 9.46 Å². The third kappa shape index (κ3) is 4.26. The van der Waals surface area contributed by atoms with Crippen molar-refractivity contribution in [3.05, 3.63) is 25.3 Å². The summed E-state index contributed by atoms with van der Waals surface area (Å²) in [6.07, 6.45) is 3.25. The van der Waals surface area contributed by atoms with E-state index in [1.54, 1.807) is 12.2 Å². The summed E-state index contributed by atoms with van der Waals surface area (Å²) in [6, 6.07) is 0. The predicted molar refractivity (Wildman–Crippen MR) is 66.7 cm³/mol. The molecule has 0 saturated carbocycles. The van der Waals surface area contributed by atoms with Crippen molar-refractivity contribution in [3.63, 3.8) is 0 Å². The van der Waals surface area contributed by atoms with Crippen LogP contribution in [0.5, 0.6) is 0 Å². The molecule has 7 nitrogen and oxygen atoms in total. The van der Waals surface area contributed by atoms with Gasteiger partial charge in [0, 0.05) is 13.1 Å². The molecule has 0 aliphatic carbocycles. The Hall–Kier alpha value is -1.85. The molecule has 1 heterocycles. The van der Waals surface area contributed by atoms with Crippen LogP contribution in [0.3, 0.4) is 0 Å². The minimum atomic E-state index is -2.60. The molecule has 0 spiro atoms. The minimum absolute atomic E-state index is 0.173. The van der Waals surface area contributed by atoms with Crippen molar-refractivity contribution in [2.75, 3.05) is 23.7 Å². The maximum Gasteiger partial charge on any atom is 0.588 e.